The van der Waals surface area contributed by atoms with Crippen molar-refractivity contribution in [1.82, 2.24) is 0 Å². The molecule has 0 radical (unpaired) electrons. The predicted molar refractivity (Wildman–Crippen MR) is 72.0 cm³/mol. The highest BCUT2D eigenvalue weighted by Gasteiger charge is 2.11. The topological polar surface area (TPSA) is 35.2 Å². The van der Waals surface area contributed by atoms with Crippen LogP contribution in [0.1, 0.15) is 26.3 Å². The molecule has 0 saturated heterocycles. The zero-order valence-corrected chi connectivity index (χ0v) is 11.1. The van der Waals surface area contributed by atoms with Gasteiger partial charge in [0, 0.05) is 22.6 Å². The van der Waals surface area contributed by atoms with Gasteiger partial charge in [0.1, 0.15) is 5.75 Å². The Balaban J connectivity index is 2.52. The van der Waals surface area contributed by atoms with E-state index in [0.29, 0.717) is 6.61 Å². The van der Waals surface area contributed by atoms with E-state index in [2.05, 4.69) is 19.9 Å². The van der Waals surface area contributed by atoms with Crippen LogP contribution in [0.3, 0.4) is 0 Å². The van der Waals surface area contributed by atoms with Crippen LogP contribution >= 0.6 is 11.8 Å². The average molecular weight is 239 g/mol. The first-order valence-electron chi connectivity index (χ1n) is 5.60. The Morgan fingerprint density at radius 3 is 2.62 bits per heavy atom. The van der Waals surface area contributed by atoms with Gasteiger partial charge in [-0.1, -0.05) is 18.2 Å². The molecule has 1 rings (SSSR count). The van der Waals surface area contributed by atoms with Gasteiger partial charge in [-0.3, -0.25) is 0 Å². The van der Waals surface area contributed by atoms with Gasteiger partial charge in [-0.15, -0.1) is 0 Å². The Morgan fingerprint density at radius 2 is 2.00 bits per heavy atom. The summed E-state index contributed by atoms with van der Waals surface area (Å²) in [4.78, 5) is 0. The molecule has 3 heteroatoms. The Hall–Kier alpha value is -0.670. The van der Waals surface area contributed by atoms with Gasteiger partial charge in [-0.25, -0.2) is 0 Å². The third-order valence-corrected chi connectivity index (χ3v) is 3.47. The summed E-state index contributed by atoms with van der Waals surface area (Å²) < 4.78 is 5.58. The second-order valence-corrected chi connectivity index (χ2v) is 5.51. The molecule has 0 aliphatic heterocycles. The molecular weight excluding hydrogens is 218 g/mol. The summed E-state index contributed by atoms with van der Waals surface area (Å²) in [6.45, 7) is 6.82. The van der Waals surface area contributed by atoms with Crippen LogP contribution in [0.4, 0.5) is 0 Å². The van der Waals surface area contributed by atoms with Crippen molar-refractivity contribution < 1.29 is 4.74 Å². The normalized spacial score (nSPS) is 11.5. The Morgan fingerprint density at radius 1 is 1.31 bits per heavy atom. The van der Waals surface area contributed by atoms with Crippen LogP contribution in [0.2, 0.25) is 0 Å². The van der Waals surface area contributed by atoms with Crippen molar-refractivity contribution in [2.75, 3.05) is 12.4 Å². The van der Waals surface area contributed by atoms with Gasteiger partial charge in [0.25, 0.3) is 0 Å². The SMILES string of the molecule is CCOc1ccccc1CSCC(C)(C)N. The maximum Gasteiger partial charge on any atom is 0.123 e. The molecule has 1 aromatic rings. The van der Waals surface area contributed by atoms with E-state index in [1.54, 1.807) is 0 Å². The standard InChI is InChI=1S/C13H21NOS/c1-4-15-12-8-6-5-7-11(12)9-16-10-13(2,3)14/h5-8H,4,9-10,14H2,1-3H3. The largest absolute Gasteiger partial charge is 0.494 e. The summed E-state index contributed by atoms with van der Waals surface area (Å²) in [5, 5.41) is 0. The molecule has 2 nitrogen and oxygen atoms in total. The Bertz CT molecular complexity index is 320. The first-order chi connectivity index (χ1) is 7.53. The molecule has 1 aromatic carbocycles. The van der Waals surface area contributed by atoms with Crippen molar-refractivity contribution in [1.29, 1.82) is 0 Å². The fourth-order valence-corrected chi connectivity index (χ4v) is 2.43. The van der Waals surface area contributed by atoms with Crippen molar-refractivity contribution in [3.63, 3.8) is 0 Å². The maximum absolute atomic E-state index is 5.94. The van der Waals surface area contributed by atoms with Crippen molar-refractivity contribution in [3.05, 3.63) is 29.8 Å². The fraction of sp³-hybridized carbons (Fsp3) is 0.538. The lowest BCUT2D eigenvalue weighted by Crippen LogP contribution is -2.34. The summed E-state index contributed by atoms with van der Waals surface area (Å²) >= 11 is 1.85. The minimum absolute atomic E-state index is 0.106. The predicted octanol–water partition coefficient (Wildman–Crippen LogP) is 3.06. The average Bonchev–Trinajstić information content (AvgIpc) is 2.19. The number of ether oxygens (including phenoxy) is 1. The van der Waals surface area contributed by atoms with E-state index >= 15 is 0 Å². The molecule has 0 spiro atoms. The lowest BCUT2D eigenvalue weighted by molar-refractivity contribution is 0.337. The quantitative estimate of drug-likeness (QED) is 0.828. The van der Waals surface area contributed by atoms with Crippen LogP contribution in [0.25, 0.3) is 0 Å². The molecule has 16 heavy (non-hydrogen) atoms. The third-order valence-electron chi connectivity index (χ3n) is 2.00. The summed E-state index contributed by atoms with van der Waals surface area (Å²) in [7, 11) is 0. The molecule has 0 unspecified atom stereocenters. The highest BCUT2D eigenvalue weighted by Crippen LogP contribution is 2.24. The van der Waals surface area contributed by atoms with Crippen LogP contribution in [0.5, 0.6) is 5.75 Å². The number of nitrogens with two attached hydrogens (primary N) is 1. The van der Waals surface area contributed by atoms with Crippen LogP contribution in [0, 0.1) is 0 Å². The Kier molecular flexibility index (Phi) is 5.16. The molecule has 0 aromatic heterocycles. The smallest absolute Gasteiger partial charge is 0.123 e. The van der Waals surface area contributed by atoms with E-state index in [1.165, 1.54) is 5.56 Å². The number of thioether (sulfide) groups is 1. The van der Waals surface area contributed by atoms with E-state index < -0.39 is 0 Å². The highest BCUT2D eigenvalue weighted by molar-refractivity contribution is 7.98. The van der Waals surface area contributed by atoms with Gasteiger partial charge in [-0.05, 0) is 26.8 Å². The monoisotopic (exact) mass is 239 g/mol. The molecule has 0 heterocycles. The third kappa shape index (κ3) is 4.90. The van der Waals surface area contributed by atoms with Crippen molar-refractivity contribution in [3.8, 4) is 5.75 Å². The number of benzene rings is 1. The van der Waals surface area contributed by atoms with Gasteiger partial charge in [0.05, 0.1) is 6.61 Å². The van der Waals surface area contributed by atoms with E-state index in [0.717, 1.165) is 17.3 Å². The first-order valence-corrected chi connectivity index (χ1v) is 6.76. The molecule has 0 bridgehead atoms. The first kappa shape index (κ1) is 13.4. The zero-order chi connectivity index (χ0) is 12.0. The number of hydrogen-bond donors (Lipinski definition) is 1. The van der Waals surface area contributed by atoms with Crippen molar-refractivity contribution in [2.45, 2.75) is 32.1 Å². The van der Waals surface area contributed by atoms with E-state index in [9.17, 15) is 0 Å². The summed E-state index contributed by atoms with van der Waals surface area (Å²) in [5.74, 6) is 2.90. The number of hydrogen-bond acceptors (Lipinski definition) is 3. The molecule has 0 atom stereocenters. The van der Waals surface area contributed by atoms with Gasteiger partial charge in [0.15, 0.2) is 0 Å². The van der Waals surface area contributed by atoms with Crippen LogP contribution in [0.15, 0.2) is 24.3 Å². The fourth-order valence-electron chi connectivity index (χ4n) is 1.34. The zero-order valence-electron chi connectivity index (χ0n) is 10.3. The van der Waals surface area contributed by atoms with Crippen molar-refractivity contribution >= 4 is 11.8 Å². The van der Waals surface area contributed by atoms with Gasteiger partial charge >= 0.3 is 0 Å². The minimum atomic E-state index is -0.106. The highest BCUT2D eigenvalue weighted by atomic mass is 32.2. The molecule has 0 aliphatic carbocycles. The van der Waals surface area contributed by atoms with E-state index in [1.807, 2.05) is 36.9 Å². The lowest BCUT2D eigenvalue weighted by atomic mass is 10.1. The van der Waals surface area contributed by atoms with Crippen LogP contribution < -0.4 is 10.5 Å². The lowest BCUT2D eigenvalue weighted by Gasteiger charge is -2.18. The molecule has 2 N–H and O–H groups in total. The summed E-state index contributed by atoms with van der Waals surface area (Å²) in [6.07, 6.45) is 0. The Labute approximate surface area is 103 Å². The maximum atomic E-state index is 5.94. The minimum Gasteiger partial charge on any atom is -0.494 e. The number of rotatable bonds is 6. The van der Waals surface area contributed by atoms with Crippen LogP contribution in [-0.2, 0) is 5.75 Å². The molecule has 90 valence electrons. The second kappa shape index (κ2) is 6.16. The van der Waals surface area contributed by atoms with E-state index in [-0.39, 0.29) is 5.54 Å². The molecule has 0 amide bonds. The van der Waals surface area contributed by atoms with Gasteiger partial charge in [-0.2, -0.15) is 11.8 Å². The number of para-hydroxylation sites is 1. The second-order valence-electron chi connectivity index (χ2n) is 4.52. The van der Waals surface area contributed by atoms with Crippen LogP contribution in [-0.4, -0.2) is 17.9 Å². The molecule has 0 saturated carbocycles. The van der Waals surface area contributed by atoms with Gasteiger partial charge < -0.3 is 10.5 Å². The summed E-state index contributed by atoms with van der Waals surface area (Å²) in [6, 6.07) is 8.19. The molecule has 0 fully saturated rings. The van der Waals surface area contributed by atoms with Crippen molar-refractivity contribution in [2.24, 2.45) is 5.73 Å². The molecular formula is C13H21NOS. The molecule has 0 aliphatic rings. The summed E-state index contributed by atoms with van der Waals surface area (Å²) in [5.41, 5.74) is 7.09. The van der Waals surface area contributed by atoms with E-state index in [4.69, 9.17) is 10.5 Å². The van der Waals surface area contributed by atoms with Gasteiger partial charge in [0.2, 0.25) is 0 Å².